The molecule has 0 saturated carbocycles. The van der Waals surface area contributed by atoms with Gasteiger partial charge < -0.3 is 0 Å². The molecule has 1 aromatic carbocycles. The molecule has 1 nitrogen and oxygen atoms in total. The molecule has 0 radical (unpaired) electrons. The molecule has 0 amide bonds. The lowest BCUT2D eigenvalue weighted by atomic mass is 10.2. The molecule has 0 unspecified atom stereocenters. The number of thiazole rings is 1. The highest BCUT2D eigenvalue weighted by atomic mass is 79.9. The summed E-state index contributed by atoms with van der Waals surface area (Å²) in [4.78, 5) is 4.16. The second-order valence-electron chi connectivity index (χ2n) is 2.61. The zero-order chi connectivity index (χ0) is 10.1. The van der Waals surface area contributed by atoms with E-state index < -0.39 is 0 Å². The van der Waals surface area contributed by atoms with Crippen molar-refractivity contribution < 1.29 is 0 Å². The van der Waals surface area contributed by atoms with Gasteiger partial charge in [0.1, 0.15) is 0 Å². The molecule has 0 aliphatic heterocycles. The molecule has 14 heavy (non-hydrogen) atoms. The van der Waals surface area contributed by atoms with E-state index in [2.05, 4.69) is 20.9 Å². The first-order chi connectivity index (χ1) is 6.66. The van der Waals surface area contributed by atoms with Crippen LogP contribution in [0.25, 0.3) is 11.3 Å². The highest BCUT2D eigenvalue weighted by molar-refractivity contribution is 9.10. The van der Waals surface area contributed by atoms with Crippen molar-refractivity contribution in [2.75, 3.05) is 0 Å². The molecule has 2 rings (SSSR count). The van der Waals surface area contributed by atoms with E-state index in [1.165, 1.54) is 11.3 Å². The van der Waals surface area contributed by atoms with Crippen molar-refractivity contribution in [3.63, 3.8) is 0 Å². The maximum atomic E-state index is 6.06. The SMILES string of the molecule is Clc1nc(-c2ccc(Br)cc2Cl)cs1. The smallest absolute Gasteiger partial charge is 0.184 e. The third kappa shape index (κ3) is 2.11. The molecule has 0 fully saturated rings. The van der Waals surface area contributed by atoms with Gasteiger partial charge in [-0.05, 0) is 12.1 Å². The molecule has 1 aromatic heterocycles. The highest BCUT2D eigenvalue weighted by Crippen LogP contribution is 2.32. The maximum absolute atomic E-state index is 6.06. The van der Waals surface area contributed by atoms with Crippen molar-refractivity contribution in [3.8, 4) is 11.3 Å². The molecule has 0 atom stereocenters. The highest BCUT2D eigenvalue weighted by Gasteiger charge is 2.07. The third-order valence-corrected chi connectivity index (χ3v) is 3.47. The minimum absolute atomic E-state index is 0.527. The van der Waals surface area contributed by atoms with Crippen molar-refractivity contribution >= 4 is 50.5 Å². The summed E-state index contributed by atoms with van der Waals surface area (Å²) < 4.78 is 1.48. The van der Waals surface area contributed by atoms with Crippen LogP contribution >= 0.6 is 50.5 Å². The van der Waals surface area contributed by atoms with E-state index in [0.717, 1.165) is 15.7 Å². The van der Waals surface area contributed by atoms with Crippen LogP contribution in [0.15, 0.2) is 28.1 Å². The lowest BCUT2D eigenvalue weighted by Gasteiger charge is -2.00. The lowest BCUT2D eigenvalue weighted by molar-refractivity contribution is 1.41. The number of hydrogen-bond acceptors (Lipinski definition) is 2. The average molecular weight is 309 g/mol. The van der Waals surface area contributed by atoms with Gasteiger partial charge in [0.25, 0.3) is 0 Å². The second kappa shape index (κ2) is 4.19. The van der Waals surface area contributed by atoms with Gasteiger partial charge >= 0.3 is 0 Å². The molecule has 1 heterocycles. The predicted molar refractivity (Wildman–Crippen MR) is 65.3 cm³/mol. The lowest BCUT2D eigenvalue weighted by Crippen LogP contribution is -1.79. The van der Waals surface area contributed by atoms with Crippen LogP contribution < -0.4 is 0 Å². The van der Waals surface area contributed by atoms with Crippen molar-refractivity contribution in [1.82, 2.24) is 4.98 Å². The summed E-state index contributed by atoms with van der Waals surface area (Å²) in [6.07, 6.45) is 0. The number of aromatic nitrogens is 1. The van der Waals surface area contributed by atoms with Gasteiger partial charge in [-0.3, -0.25) is 0 Å². The second-order valence-corrected chi connectivity index (χ2v) is 5.37. The maximum Gasteiger partial charge on any atom is 0.184 e. The Bertz CT molecular complexity index is 470. The summed E-state index contributed by atoms with van der Waals surface area (Å²) in [6, 6.07) is 5.68. The first kappa shape index (κ1) is 10.4. The summed E-state index contributed by atoms with van der Waals surface area (Å²) in [5.74, 6) is 0. The Kier molecular flexibility index (Phi) is 3.12. The molecule has 0 N–H and O–H groups in total. The Morgan fingerprint density at radius 1 is 1.29 bits per heavy atom. The third-order valence-electron chi connectivity index (χ3n) is 1.68. The van der Waals surface area contributed by atoms with Gasteiger partial charge in [0.15, 0.2) is 4.47 Å². The van der Waals surface area contributed by atoms with Crippen molar-refractivity contribution in [2.45, 2.75) is 0 Å². The molecular formula is C9H4BrCl2NS. The molecule has 0 spiro atoms. The zero-order valence-electron chi connectivity index (χ0n) is 6.80. The normalized spacial score (nSPS) is 10.5. The molecule has 0 saturated heterocycles. The van der Waals surface area contributed by atoms with Gasteiger partial charge in [-0.15, -0.1) is 11.3 Å². The first-order valence-electron chi connectivity index (χ1n) is 3.73. The first-order valence-corrected chi connectivity index (χ1v) is 6.16. The number of hydrogen-bond donors (Lipinski definition) is 0. The average Bonchev–Trinajstić information content (AvgIpc) is 2.51. The Hall–Kier alpha value is -0.0900. The quantitative estimate of drug-likeness (QED) is 0.731. The molecular weight excluding hydrogens is 305 g/mol. The summed E-state index contributed by atoms with van der Waals surface area (Å²) in [5.41, 5.74) is 1.72. The summed E-state index contributed by atoms with van der Waals surface area (Å²) in [7, 11) is 0. The molecule has 5 heteroatoms. The van der Waals surface area contributed by atoms with Gasteiger partial charge in [-0.2, -0.15) is 0 Å². The standard InChI is InChI=1S/C9H4BrCl2NS/c10-5-1-2-6(7(11)3-5)8-4-14-9(12)13-8/h1-4H. The fraction of sp³-hybridized carbons (Fsp3) is 0. The van der Waals surface area contributed by atoms with E-state index in [4.69, 9.17) is 23.2 Å². The zero-order valence-corrected chi connectivity index (χ0v) is 10.7. The van der Waals surface area contributed by atoms with Gasteiger partial charge in [0.05, 0.1) is 10.7 Å². The largest absolute Gasteiger partial charge is 0.225 e. The molecule has 72 valence electrons. The van der Waals surface area contributed by atoms with E-state index >= 15 is 0 Å². The van der Waals surface area contributed by atoms with Gasteiger partial charge in [0, 0.05) is 15.4 Å². The van der Waals surface area contributed by atoms with Crippen LogP contribution in [0, 0.1) is 0 Å². The molecule has 0 aliphatic rings. The minimum atomic E-state index is 0.527. The minimum Gasteiger partial charge on any atom is -0.225 e. The molecule has 0 bridgehead atoms. The van der Waals surface area contributed by atoms with E-state index in [-0.39, 0.29) is 0 Å². The molecule has 0 aliphatic carbocycles. The van der Waals surface area contributed by atoms with Gasteiger partial charge in [-0.1, -0.05) is 45.2 Å². The van der Waals surface area contributed by atoms with Crippen LogP contribution in [0.4, 0.5) is 0 Å². The van der Waals surface area contributed by atoms with Gasteiger partial charge in [0.2, 0.25) is 0 Å². The van der Waals surface area contributed by atoms with Crippen LogP contribution in [0.3, 0.4) is 0 Å². The Balaban J connectivity index is 2.52. The number of benzene rings is 1. The molecule has 2 aromatic rings. The topological polar surface area (TPSA) is 12.9 Å². The van der Waals surface area contributed by atoms with Crippen molar-refractivity contribution in [1.29, 1.82) is 0 Å². The summed E-state index contributed by atoms with van der Waals surface area (Å²) in [5, 5.41) is 2.55. The Morgan fingerprint density at radius 3 is 2.64 bits per heavy atom. The summed E-state index contributed by atoms with van der Waals surface area (Å²) >= 11 is 16.6. The van der Waals surface area contributed by atoms with E-state index in [1.54, 1.807) is 0 Å². The van der Waals surface area contributed by atoms with E-state index in [1.807, 2.05) is 23.6 Å². The van der Waals surface area contributed by atoms with Crippen LogP contribution in [0.2, 0.25) is 9.49 Å². The van der Waals surface area contributed by atoms with Crippen LogP contribution in [0.5, 0.6) is 0 Å². The Labute approximate surface area is 104 Å². The van der Waals surface area contributed by atoms with Crippen molar-refractivity contribution in [2.24, 2.45) is 0 Å². The number of rotatable bonds is 1. The number of halogens is 3. The Morgan fingerprint density at radius 2 is 2.07 bits per heavy atom. The number of nitrogens with zero attached hydrogens (tertiary/aromatic N) is 1. The fourth-order valence-corrected chi connectivity index (χ4v) is 2.61. The van der Waals surface area contributed by atoms with E-state index in [9.17, 15) is 0 Å². The van der Waals surface area contributed by atoms with Gasteiger partial charge in [-0.25, -0.2) is 4.98 Å². The van der Waals surface area contributed by atoms with Crippen molar-refractivity contribution in [3.05, 3.63) is 37.5 Å². The van der Waals surface area contributed by atoms with E-state index in [0.29, 0.717) is 9.49 Å². The monoisotopic (exact) mass is 307 g/mol. The predicted octanol–water partition coefficient (Wildman–Crippen LogP) is 4.88. The van der Waals surface area contributed by atoms with Crippen LogP contribution in [0.1, 0.15) is 0 Å². The van der Waals surface area contributed by atoms with Crippen LogP contribution in [-0.4, -0.2) is 4.98 Å². The van der Waals surface area contributed by atoms with Crippen LogP contribution in [-0.2, 0) is 0 Å². The fourth-order valence-electron chi connectivity index (χ4n) is 1.07. The summed E-state index contributed by atoms with van der Waals surface area (Å²) in [6.45, 7) is 0.